The second kappa shape index (κ2) is 7.24. The van der Waals surface area contributed by atoms with Crippen molar-refractivity contribution in [2.24, 2.45) is 0 Å². The molecule has 0 unspecified atom stereocenters. The largest absolute Gasteiger partial charge is 0.337 e. The number of hydrogen-bond acceptors (Lipinski definition) is 5. The van der Waals surface area contributed by atoms with E-state index in [-0.39, 0.29) is 10.8 Å². The van der Waals surface area contributed by atoms with Crippen molar-refractivity contribution in [1.29, 1.82) is 0 Å². The van der Waals surface area contributed by atoms with Gasteiger partial charge in [-0.3, -0.25) is 0 Å². The van der Waals surface area contributed by atoms with Gasteiger partial charge in [0.15, 0.2) is 0 Å². The van der Waals surface area contributed by atoms with Crippen LogP contribution in [0.2, 0.25) is 10.0 Å². The standard InChI is InChI=1S/C18H15Cl2N3O3S/c19-12-7-9-13(10-8-12)27(24,25)23-11-3-6-16(23)18-21-17(22-26-18)14-4-1-2-5-15(14)20/h1-2,4-5,7-10,16H,3,6,11H2/t16-/m0/s1. The predicted octanol–water partition coefficient (Wildman–Crippen LogP) is 4.57. The molecule has 140 valence electrons. The first kappa shape index (κ1) is 18.4. The highest BCUT2D eigenvalue weighted by atomic mass is 35.5. The molecule has 0 radical (unpaired) electrons. The van der Waals surface area contributed by atoms with Crippen molar-refractivity contribution < 1.29 is 12.9 Å². The van der Waals surface area contributed by atoms with Crippen LogP contribution in [0.4, 0.5) is 0 Å². The normalized spacial score (nSPS) is 18.1. The highest BCUT2D eigenvalue weighted by Gasteiger charge is 2.39. The van der Waals surface area contributed by atoms with E-state index < -0.39 is 16.1 Å². The van der Waals surface area contributed by atoms with Crippen LogP contribution in [0.5, 0.6) is 0 Å². The molecule has 27 heavy (non-hydrogen) atoms. The van der Waals surface area contributed by atoms with Crippen LogP contribution in [0, 0.1) is 0 Å². The van der Waals surface area contributed by atoms with Crippen LogP contribution in [0.3, 0.4) is 0 Å². The number of sulfonamides is 1. The number of benzene rings is 2. The lowest BCUT2D eigenvalue weighted by atomic mass is 10.2. The van der Waals surface area contributed by atoms with Crippen LogP contribution in [0.1, 0.15) is 24.8 Å². The maximum Gasteiger partial charge on any atom is 0.245 e. The molecule has 1 aromatic heterocycles. The van der Waals surface area contributed by atoms with Crippen molar-refractivity contribution in [3.63, 3.8) is 0 Å². The first-order valence-electron chi connectivity index (χ1n) is 8.33. The summed E-state index contributed by atoms with van der Waals surface area (Å²) in [6.45, 7) is 0.388. The van der Waals surface area contributed by atoms with Gasteiger partial charge in [0.1, 0.15) is 6.04 Å². The number of halogens is 2. The molecule has 0 amide bonds. The molecule has 0 saturated carbocycles. The highest BCUT2D eigenvalue weighted by molar-refractivity contribution is 7.89. The van der Waals surface area contributed by atoms with Crippen LogP contribution >= 0.6 is 23.2 Å². The van der Waals surface area contributed by atoms with E-state index in [1.54, 1.807) is 24.3 Å². The van der Waals surface area contributed by atoms with Gasteiger partial charge in [-0.15, -0.1) is 0 Å². The lowest BCUT2D eigenvalue weighted by molar-refractivity contribution is 0.290. The zero-order valence-corrected chi connectivity index (χ0v) is 16.4. The fraction of sp³-hybridized carbons (Fsp3) is 0.222. The zero-order valence-electron chi connectivity index (χ0n) is 14.0. The van der Waals surface area contributed by atoms with E-state index >= 15 is 0 Å². The third-order valence-electron chi connectivity index (χ3n) is 4.47. The molecule has 3 aromatic rings. The van der Waals surface area contributed by atoms with Gasteiger partial charge in [-0.25, -0.2) is 8.42 Å². The smallest absolute Gasteiger partial charge is 0.245 e. The van der Waals surface area contributed by atoms with E-state index in [0.29, 0.717) is 40.8 Å². The third-order valence-corrected chi connectivity index (χ3v) is 6.97. The quantitative estimate of drug-likeness (QED) is 0.613. The first-order valence-corrected chi connectivity index (χ1v) is 10.5. The molecular weight excluding hydrogens is 409 g/mol. The molecule has 1 aliphatic heterocycles. The van der Waals surface area contributed by atoms with Gasteiger partial charge >= 0.3 is 0 Å². The number of nitrogens with zero attached hydrogens (tertiary/aromatic N) is 3. The number of aromatic nitrogens is 2. The summed E-state index contributed by atoms with van der Waals surface area (Å²) in [6.07, 6.45) is 1.32. The molecular formula is C18H15Cl2N3O3S. The molecule has 2 heterocycles. The van der Waals surface area contributed by atoms with Crippen LogP contribution in [-0.4, -0.2) is 29.4 Å². The Morgan fingerprint density at radius 1 is 1.07 bits per heavy atom. The molecule has 0 bridgehead atoms. The van der Waals surface area contributed by atoms with E-state index in [4.69, 9.17) is 27.7 Å². The van der Waals surface area contributed by atoms with Crippen molar-refractivity contribution in [3.05, 3.63) is 64.5 Å². The predicted molar refractivity (Wildman–Crippen MR) is 102 cm³/mol. The second-order valence-corrected chi connectivity index (χ2v) is 8.90. The molecule has 0 N–H and O–H groups in total. The Bertz CT molecular complexity index is 1070. The average molecular weight is 424 g/mol. The third kappa shape index (κ3) is 3.48. The van der Waals surface area contributed by atoms with E-state index in [1.165, 1.54) is 16.4 Å². The second-order valence-electron chi connectivity index (χ2n) is 6.16. The van der Waals surface area contributed by atoms with Crippen molar-refractivity contribution in [2.45, 2.75) is 23.8 Å². The Morgan fingerprint density at radius 2 is 1.81 bits per heavy atom. The molecule has 9 heteroatoms. The fourth-order valence-electron chi connectivity index (χ4n) is 3.14. The van der Waals surface area contributed by atoms with Gasteiger partial charge in [-0.2, -0.15) is 9.29 Å². The fourth-order valence-corrected chi connectivity index (χ4v) is 5.14. The van der Waals surface area contributed by atoms with Gasteiger partial charge in [0.2, 0.25) is 21.7 Å². The van der Waals surface area contributed by atoms with E-state index in [2.05, 4.69) is 10.1 Å². The highest BCUT2D eigenvalue weighted by Crippen LogP contribution is 2.37. The van der Waals surface area contributed by atoms with Crippen molar-refractivity contribution in [2.75, 3.05) is 6.54 Å². The maximum absolute atomic E-state index is 13.0. The van der Waals surface area contributed by atoms with Crippen LogP contribution in [0.15, 0.2) is 57.9 Å². The van der Waals surface area contributed by atoms with Crippen LogP contribution in [-0.2, 0) is 10.0 Å². The Kier molecular flexibility index (Phi) is 4.94. The molecule has 1 aliphatic rings. The Hall–Kier alpha value is -1.93. The first-order chi connectivity index (χ1) is 13.0. The van der Waals surface area contributed by atoms with Gasteiger partial charge in [0, 0.05) is 17.1 Å². The van der Waals surface area contributed by atoms with Gasteiger partial charge in [-0.1, -0.05) is 40.5 Å². The summed E-state index contributed by atoms with van der Waals surface area (Å²) >= 11 is 12.1. The average Bonchev–Trinajstić information content (AvgIpc) is 3.32. The lowest BCUT2D eigenvalue weighted by Crippen LogP contribution is -2.30. The lowest BCUT2D eigenvalue weighted by Gasteiger charge is -2.21. The minimum atomic E-state index is -3.70. The van der Waals surface area contributed by atoms with Crippen molar-refractivity contribution in [3.8, 4) is 11.4 Å². The van der Waals surface area contributed by atoms with Gasteiger partial charge in [-0.05, 0) is 49.2 Å². The van der Waals surface area contributed by atoms with E-state index in [0.717, 1.165) is 0 Å². The Balaban J connectivity index is 1.66. The molecule has 1 saturated heterocycles. The molecule has 6 nitrogen and oxygen atoms in total. The minimum Gasteiger partial charge on any atom is -0.337 e. The number of hydrogen-bond donors (Lipinski definition) is 0. The van der Waals surface area contributed by atoms with Crippen LogP contribution in [0.25, 0.3) is 11.4 Å². The molecule has 2 aromatic carbocycles. The molecule has 0 spiro atoms. The summed E-state index contributed by atoms with van der Waals surface area (Å²) in [5.74, 6) is 0.603. The topological polar surface area (TPSA) is 76.3 Å². The zero-order chi connectivity index (χ0) is 19.0. The maximum atomic E-state index is 13.0. The molecule has 1 atom stereocenters. The summed E-state index contributed by atoms with van der Waals surface area (Å²) in [4.78, 5) is 4.59. The van der Waals surface area contributed by atoms with Crippen molar-refractivity contribution in [1.82, 2.24) is 14.4 Å². The summed E-state index contributed by atoms with van der Waals surface area (Å²) in [5.41, 5.74) is 0.638. The van der Waals surface area contributed by atoms with E-state index in [9.17, 15) is 8.42 Å². The van der Waals surface area contributed by atoms with Gasteiger partial charge in [0.05, 0.1) is 9.92 Å². The molecule has 0 aliphatic carbocycles. The summed E-state index contributed by atoms with van der Waals surface area (Å²) in [6, 6.07) is 12.8. The Morgan fingerprint density at radius 3 is 2.56 bits per heavy atom. The van der Waals surface area contributed by atoms with Gasteiger partial charge in [0.25, 0.3) is 0 Å². The van der Waals surface area contributed by atoms with E-state index in [1.807, 2.05) is 12.1 Å². The van der Waals surface area contributed by atoms with Crippen molar-refractivity contribution >= 4 is 33.2 Å². The Labute approximate surface area is 166 Å². The number of rotatable bonds is 4. The summed E-state index contributed by atoms with van der Waals surface area (Å²) in [5, 5.41) is 4.96. The van der Waals surface area contributed by atoms with Crippen LogP contribution < -0.4 is 0 Å². The minimum absolute atomic E-state index is 0.185. The van der Waals surface area contributed by atoms with Gasteiger partial charge < -0.3 is 4.52 Å². The summed E-state index contributed by atoms with van der Waals surface area (Å²) < 4.78 is 32.9. The SMILES string of the molecule is O=S(=O)(c1ccc(Cl)cc1)N1CCC[C@H]1c1nc(-c2ccccc2Cl)no1. The molecule has 4 rings (SSSR count). The molecule has 1 fully saturated rings. The summed E-state index contributed by atoms with van der Waals surface area (Å²) in [7, 11) is -3.70. The monoisotopic (exact) mass is 423 g/mol.